The minimum Gasteiger partial charge on any atom is -0.326 e. The summed E-state index contributed by atoms with van der Waals surface area (Å²) in [7, 11) is 0. The molecule has 3 rings (SSSR count). The van der Waals surface area contributed by atoms with Gasteiger partial charge in [-0.3, -0.25) is 9.59 Å². The number of hydrogen-bond donors (Lipinski definition) is 2. The topological polar surface area (TPSA) is 84.0 Å². The first-order valence-corrected chi connectivity index (χ1v) is 9.02. The number of rotatable bonds is 6. The molecule has 9 heteroatoms. The van der Waals surface area contributed by atoms with Crippen LogP contribution in [0.3, 0.4) is 0 Å². The van der Waals surface area contributed by atoms with Crippen LogP contribution in [0.15, 0.2) is 41.8 Å². The molecule has 0 spiro atoms. The number of anilines is 2. The highest BCUT2D eigenvalue weighted by Crippen LogP contribution is 2.29. The van der Waals surface area contributed by atoms with E-state index in [2.05, 4.69) is 20.8 Å². The lowest BCUT2D eigenvalue weighted by Crippen LogP contribution is -2.17. The van der Waals surface area contributed by atoms with Gasteiger partial charge in [-0.2, -0.15) is 0 Å². The average molecular weight is 376 g/mol. The van der Waals surface area contributed by atoms with E-state index in [0.717, 1.165) is 9.88 Å². The highest BCUT2D eigenvalue weighted by Gasteiger charge is 2.12. The summed E-state index contributed by atoms with van der Waals surface area (Å²) in [6, 6.07) is 9.27. The van der Waals surface area contributed by atoms with Gasteiger partial charge in [0, 0.05) is 18.5 Å². The molecule has 0 aliphatic carbocycles. The maximum Gasteiger partial charge on any atom is 0.226 e. The highest BCUT2D eigenvalue weighted by molar-refractivity contribution is 7.23. The van der Waals surface area contributed by atoms with Gasteiger partial charge in [-0.05, 0) is 35.7 Å². The van der Waals surface area contributed by atoms with Gasteiger partial charge in [-0.1, -0.05) is 17.4 Å². The second kappa shape index (κ2) is 7.95. The van der Waals surface area contributed by atoms with Crippen LogP contribution in [0.2, 0.25) is 0 Å². The molecule has 0 aliphatic rings. The lowest BCUT2D eigenvalue weighted by atomic mass is 10.2. The molecule has 2 aromatic heterocycles. The Kier molecular flexibility index (Phi) is 5.46. The molecular formula is C16H13FN4O2S2. The van der Waals surface area contributed by atoms with Crippen molar-refractivity contribution in [2.45, 2.75) is 12.8 Å². The van der Waals surface area contributed by atoms with Crippen molar-refractivity contribution in [2.24, 2.45) is 0 Å². The maximum absolute atomic E-state index is 12.8. The van der Waals surface area contributed by atoms with Crippen molar-refractivity contribution >= 4 is 45.3 Å². The zero-order valence-electron chi connectivity index (χ0n) is 12.9. The van der Waals surface area contributed by atoms with Crippen LogP contribution in [0.4, 0.5) is 15.2 Å². The summed E-state index contributed by atoms with van der Waals surface area (Å²) in [4.78, 5) is 24.7. The molecule has 25 heavy (non-hydrogen) atoms. The number of aromatic nitrogens is 2. The third kappa shape index (κ3) is 4.91. The number of halogens is 1. The van der Waals surface area contributed by atoms with Gasteiger partial charge in [0.25, 0.3) is 0 Å². The van der Waals surface area contributed by atoms with Crippen LogP contribution < -0.4 is 10.6 Å². The van der Waals surface area contributed by atoms with Crippen molar-refractivity contribution in [1.82, 2.24) is 10.2 Å². The fourth-order valence-corrected chi connectivity index (χ4v) is 3.49. The molecule has 2 amide bonds. The zero-order chi connectivity index (χ0) is 17.6. The first-order valence-electron chi connectivity index (χ1n) is 7.33. The monoisotopic (exact) mass is 376 g/mol. The highest BCUT2D eigenvalue weighted by atomic mass is 32.1. The van der Waals surface area contributed by atoms with E-state index in [1.165, 1.54) is 35.6 Å². The molecule has 6 nitrogen and oxygen atoms in total. The maximum atomic E-state index is 12.8. The van der Waals surface area contributed by atoms with Gasteiger partial charge in [-0.25, -0.2) is 4.39 Å². The largest absolute Gasteiger partial charge is 0.326 e. The molecule has 2 N–H and O–H groups in total. The molecule has 0 radical (unpaired) electrons. The molecule has 128 valence electrons. The molecule has 1 aromatic carbocycles. The third-order valence-electron chi connectivity index (χ3n) is 3.11. The average Bonchev–Trinajstić information content (AvgIpc) is 3.26. The van der Waals surface area contributed by atoms with Crippen molar-refractivity contribution in [2.75, 3.05) is 10.6 Å². The first-order chi connectivity index (χ1) is 12.1. The number of benzene rings is 1. The smallest absolute Gasteiger partial charge is 0.226 e. The van der Waals surface area contributed by atoms with Crippen LogP contribution in [0.25, 0.3) is 9.88 Å². The Hall–Kier alpha value is -2.65. The summed E-state index contributed by atoms with van der Waals surface area (Å²) in [5, 5.41) is 16.3. The molecule has 0 unspecified atom stereocenters. The standard InChI is InChI=1S/C16H13FN4O2S2/c17-10-3-5-11(6-4-10)18-13(22)7-8-14(23)19-16-21-20-15(25-16)12-2-1-9-24-12/h1-6,9H,7-8H2,(H,18,22)(H,19,21,23). The number of carbonyl (C=O) groups excluding carboxylic acids is 2. The predicted octanol–water partition coefficient (Wildman–Crippen LogP) is 3.76. The Balaban J connectivity index is 1.46. The molecule has 0 fully saturated rings. The molecule has 2 heterocycles. The molecule has 0 bridgehead atoms. The van der Waals surface area contributed by atoms with Gasteiger partial charge in [0.05, 0.1) is 4.88 Å². The normalized spacial score (nSPS) is 10.4. The van der Waals surface area contributed by atoms with Crippen LogP contribution in [-0.4, -0.2) is 22.0 Å². The van der Waals surface area contributed by atoms with Gasteiger partial charge in [-0.15, -0.1) is 21.5 Å². The van der Waals surface area contributed by atoms with Crippen molar-refractivity contribution in [3.8, 4) is 9.88 Å². The zero-order valence-corrected chi connectivity index (χ0v) is 14.5. The Bertz CT molecular complexity index is 863. The Morgan fingerprint density at radius 1 is 1.00 bits per heavy atom. The SMILES string of the molecule is O=C(CCC(=O)Nc1nnc(-c2cccs2)s1)Nc1ccc(F)cc1. The summed E-state index contributed by atoms with van der Waals surface area (Å²) in [5.41, 5.74) is 0.483. The number of hydrogen-bond acceptors (Lipinski definition) is 6. The minimum atomic E-state index is -0.378. The quantitative estimate of drug-likeness (QED) is 0.686. The van der Waals surface area contributed by atoms with Crippen molar-refractivity contribution in [1.29, 1.82) is 0 Å². The summed E-state index contributed by atoms with van der Waals surface area (Å²) in [6.07, 6.45) is 0.0285. The Morgan fingerprint density at radius 3 is 2.40 bits per heavy atom. The fourth-order valence-electron chi connectivity index (χ4n) is 1.94. The summed E-state index contributed by atoms with van der Waals surface area (Å²) >= 11 is 2.82. The van der Waals surface area contributed by atoms with E-state index in [0.29, 0.717) is 10.8 Å². The first kappa shape index (κ1) is 17.2. The molecular weight excluding hydrogens is 363 g/mol. The van der Waals surface area contributed by atoms with E-state index in [-0.39, 0.29) is 30.5 Å². The second-order valence-electron chi connectivity index (χ2n) is 4.99. The number of amides is 2. The molecule has 0 saturated carbocycles. The summed E-state index contributed by atoms with van der Waals surface area (Å²) < 4.78 is 12.8. The van der Waals surface area contributed by atoms with Gasteiger partial charge >= 0.3 is 0 Å². The van der Waals surface area contributed by atoms with Crippen LogP contribution in [0.1, 0.15) is 12.8 Å². The third-order valence-corrected chi connectivity index (χ3v) is 4.99. The minimum absolute atomic E-state index is 0.0137. The Morgan fingerprint density at radius 2 is 1.72 bits per heavy atom. The van der Waals surface area contributed by atoms with Crippen LogP contribution in [-0.2, 0) is 9.59 Å². The molecule has 0 saturated heterocycles. The lowest BCUT2D eigenvalue weighted by molar-refractivity contribution is -0.121. The van der Waals surface area contributed by atoms with Crippen molar-refractivity contribution < 1.29 is 14.0 Å². The molecule has 0 atom stereocenters. The number of thiophene rings is 1. The van der Waals surface area contributed by atoms with Gasteiger partial charge in [0.15, 0.2) is 5.01 Å². The van der Waals surface area contributed by atoms with Gasteiger partial charge < -0.3 is 10.6 Å². The fraction of sp³-hybridized carbons (Fsp3) is 0.125. The second-order valence-corrected chi connectivity index (χ2v) is 6.92. The van der Waals surface area contributed by atoms with E-state index in [1.54, 1.807) is 11.3 Å². The summed E-state index contributed by atoms with van der Waals surface area (Å²) in [5.74, 6) is -1.02. The number of nitrogens with one attached hydrogen (secondary N) is 2. The van der Waals surface area contributed by atoms with E-state index in [4.69, 9.17) is 0 Å². The molecule has 0 aliphatic heterocycles. The van der Waals surface area contributed by atoms with Gasteiger partial charge in [0.2, 0.25) is 16.9 Å². The van der Waals surface area contributed by atoms with Crippen LogP contribution >= 0.6 is 22.7 Å². The van der Waals surface area contributed by atoms with Gasteiger partial charge in [0.1, 0.15) is 5.82 Å². The van der Waals surface area contributed by atoms with E-state index in [9.17, 15) is 14.0 Å². The lowest BCUT2D eigenvalue weighted by Gasteiger charge is -2.05. The van der Waals surface area contributed by atoms with E-state index < -0.39 is 0 Å². The van der Waals surface area contributed by atoms with Crippen molar-refractivity contribution in [3.63, 3.8) is 0 Å². The summed E-state index contributed by atoms with van der Waals surface area (Å²) in [6.45, 7) is 0. The van der Waals surface area contributed by atoms with Crippen LogP contribution in [0.5, 0.6) is 0 Å². The number of carbonyl (C=O) groups is 2. The van der Waals surface area contributed by atoms with E-state index in [1.807, 2.05) is 17.5 Å². The molecule has 3 aromatic rings. The van der Waals surface area contributed by atoms with E-state index >= 15 is 0 Å². The Labute approximate surface area is 150 Å². The van der Waals surface area contributed by atoms with Crippen LogP contribution in [0, 0.1) is 5.82 Å². The predicted molar refractivity (Wildman–Crippen MR) is 96.1 cm³/mol. The number of nitrogens with zero attached hydrogens (tertiary/aromatic N) is 2. The van der Waals surface area contributed by atoms with Crippen molar-refractivity contribution in [3.05, 3.63) is 47.6 Å².